The summed E-state index contributed by atoms with van der Waals surface area (Å²) in [5, 5.41) is 0. The van der Waals surface area contributed by atoms with Crippen LogP contribution in [0.4, 0.5) is 0 Å². The molecule has 0 unspecified atom stereocenters. The number of piperidine rings is 1. The van der Waals surface area contributed by atoms with Gasteiger partial charge in [0.05, 0.1) is 11.8 Å². The van der Waals surface area contributed by atoms with Crippen molar-refractivity contribution < 1.29 is 9.21 Å². The van der Waals surface area contributed by atoms with Gasteiger partial charge in [0, 0.05) is 24.2 Å². The molecule has 25 heavy (non-hydrogen) atoms. The number of likely N-dealkylation sites (tertiary alicyclic amines) is 1. The van der Waals surface area contributed by atoms with Crippen LogP contribution in [0.5, 0.6) is 0 Å². The maximum atomic E-state index is 12.9. The molecule has 1 fully saturated rings. The highest BCUT2D eigenvalue weighted by atomic mass is 16.4. The minimum atomic E-state index is 0.0646. The highest BCUT2D eigenvalue weighted by molar-refractivity contribution is 6.00. The number of benzene rings is 2. The highest BCUT2D eigenvalue weighted by Gasteiger charge is 2.22. The van der Waals surface area contributed by atoms with Gasteiger partial charge in [0.1, 0.15) is 0 Å². The van der Waals surface area contributed by atoms with Crippen LogP contribution < -0.4 is 0 Å². The number of hydrogen-bond acceptors (Lipinski definition) is 3. The standard InChI is InChI=1S/C21H20N2O2/c24-21(23-13-7-2-8-14-23)18-12-6-5-11-17(18)20-22-15-19(25-20)16-9-3-1-4-10-16/h1,3-6,9-12,15H,2,7-8,13-14H2. The molecule has 2 heterocycles. The van der Waals surface area contributed by atoms with Gasteiger partial charge in [-0.15, -0.1) is 0 Å². The number of carbonyl (C=O) groups excluding carboxylic acids is 1. The molecule has 0 atom stereocenters. The van der Waals surface area contributed by atoms with Gasteiger partial charge >= 0.3 is 0 Å². The molecule has 4 heteroatoms. The first-order valence-electron chi connectivity index (χ1n) is 8.73. The molecule has 0 bridgehead atoms. The second kappa shape index (κ2) is 6.93. The molecular weight excluding hydrogens is 312 g/mol. The average Bonchev–Trinajstić information content (AvgIpc) is 3.19. The van der Waals surface area contributed by atoms with E-state index < -0.39 is 0 Å². The van der Waals surface area contributed by atoms with Crippen LogP contribution in [-0.2, 0) is 0 Å². The predicted octanol–water partition coefficient (Wildman–Crippen LogP) is 4.63. The fourth-order valence-electron chi connectivity index (χ4n) is 3.26. The third-order valence-electron chi connectivity index (χ3n) is 4.60. The SMILES string of the molecule is O=C(c1ccccc1-c1ncc(-c2ccccc2)o1)N1CCCCC1. The Hall–Kier alpha value is -2.88. The Bertz CT molecular complexity index is 864. The number of amides is 1. The van der Waals surface area contributed by atoms with Gasteiger partial charge in [-0.1, -0.05) is 42.5 Å². The monoisotopic (exact) mass is 332 g/mol. The molecule has 1 aliphatic rings. The molecule has 0 saturated carbocycles. The Kier molecular flexibility index (Phi) is 4.34. The second-order valence-corrected chi connectivity index (χ2v) is 6.29. The van der Waals surface area contributed by atoms with Crippen molar-refractivity contribution in [1.82, 2.24) is 9.88 Å². The molecule has 3 aromatic rings. The lowest BCUT2D eigenvalue weighted by Crippen LogP contribution is -2.35. The van der Waals surface area contributed by atoms with E-state index in [4.69, 9.17) is 4.42 Å². The van der Waals surface area contributed by atoms with E-state index in [2.05, 4.69) is 4.98 Å². The first-order valence-corrected chi connectivity index (χ1v) is 8.73. The lowest BCUT2D eigenvalue weighted by atomic mass is 10.0. The zero-order valence-corrected chi connectivity index (χ0v) is 14.0. The van der Waals surface area contributed by atoms with Crippen molar-refractivity contribution in [3.05, 3.63) is 66.4 Å². The topological polar surface area (TPSA) is 46.3 Å². The summed E-state index contributed by atoms with van der Waals surface area (Å²) < 4.78 is 5.95. The van der Waals surface area contributed by atoms with E-state index in [-0.39, 0.29) is 5.91 Å². The number of oxazole rings is 1. The number of carbonyl (C=O) groups is 1. The Morgan fingerprint density at radius 1 is 0.920 bits per heavy atom. The molecule has 1 amide bonds. The Morgan fingerprint density at radius 2 is 1.64 bits per heavy atom. The molecule has 0 spiro atoms. The number of hydrogen-bond donors (Lipinski definition) is 0. The summed E-state index contributed by atoms with van der Waals surface area (Å²) in [5.74, 6) is 1.25. The van der Waals surface area contributed by atoms with Crippen LogP contribution in [0.15, 0.2) is 65.2 Å². The molecular formula is C21H20N2O2. The van der Waals surface area contributed by atoms with Gasteiger partial charge < -0.3 is 9.32 Å². The summed E-state index contributed by atoms with van der Waals surface area (Å²) in [6.45, 7) is 1.65. The average molecular weight is 332 g/mol. The van der Waals surface area contributed by atoms with Gasteiger partial charge in [-0.3, -0.25) is 4.79 Å². The van der Waals surface area contributed by atoms with Crippen LogP contribution in [0.1, 0.15) is 29.6 Å². The molecule has 0 aliphatic carbocycles. The molecule has 2 aromatic carbocycles. The van der Waals surface area contributed by atoms with Gasteiger partial charge in [0.15, 0.2) is 5.76 Å². The number of rotatable bonds is 3. The van der Waals surface area contributed by atoms with Gasteiger partial charge in [-0.05, 0) is 31.4 Å². The number of nitrogens with zero attached hydrogens (tertiary/aromatic N) is 2. The van der Waals surface area contributed by atoms with Crippen molar-refractivity contribution in [2.24, 2.45) is 0 Å². The zero-order valence-electron chi connectivity index (χ0n) is 14.0. The van der Waals surface area contributed by atoms with E-state index in [1.165, 1.54) is 6.42 Å². The number of aromatic nitrogens is 1. The van der Waals surface area contributed by atoms with E-state index in [1.807, 2.05) is 59.5 Å². The first kappa shape index (κ1) is 15.6. The Balaban J connectivity index is 1.67. The largest absolute Gasteiger partial charge is 0.436 e. The maximum absolute atomic E-state index is 12.9. The van der Waals surface area contributed by atoms with Gasteiger partial charge in [0.2, 0.25) is 5.89 Å². The third kappa shape index (κ3) is 3.20. The van der Waals surface area contributed by atoms with Crippen molar-refractivity contribution in [3.63, 3.8) is 0 Å². The molecule has 0 radical (unpaired) electrons. The molecule has 1 saturated heterocycles. The molecule has 1 aromatic heterocycles. The molecule has 1 aliphatic heterocycles. The van der Waals surface area contributed by atoms with Gasteiger partial charge in [-0.2, -0.15) is 0 Å². The summed E-state index contributed by atoms with van der Waals surface area (Å²) >= 11 is 0. The maximum Gasteiger partial charge on any atom is 0.254 e. The van der Waals surface area contributed by atoms with E-state index in [0.29, 0.717) is 17.2 Å². The van der Waals surface area contributed by atoms with Gasteiger partial charge in [0.25, 0.3) is 5.91 Å². The van der Waals surface area contributed by atoms with Crippen molar-refractivity contribution in [2.75, 3.05) is 13.1 Å². The van der Waals surface area contributed by atoms with E-state index in [9.17, 15) is 4.79 Å². The minimum absolute atomic E-state index is 0.0646. The quantitative estimate of drug-likeness (QED) is 0.702. The van der Waals surface area contributed by atoms with Crippen LogP contribution >= 0.6 is 0 Å². The lowest BCUT2D eigenvalue weighted by Gasteiger charge is -2.27. The van der Waals surface area contributed by atoms with Crippen LogP contribution in [0, 0.1) is 0 Å². The first-order chi connectivity index (χ1) is 12.3. The van der Waals surface area contributed by atoms with Crippen LogP contribution in [0.3, 0.4) is 0 Å². The summed E-state index contributed by atoms with van der Waals surface area (Å²) in [7, 11) is 0. The summed E-state index contributed by atoms with van der Waals surface area (Å²) in [5.41, 5.74) is 2.38. The van der Waals surface area contributed by atoms with Crippen molar-refractivity contribution >= 4 is 5.91 Å². The fourth-order valence-corrected chi connectivity index (χ4v) is 3.26. The highest BCUT2D eigenvalue weighted by Crippen LogP contribution is 2.29. The van der Waals surface area contributed by atoms with E-state index >= 15 is 0 Å². The van der Waals surface area contributed by atoms with Gasteiger partial charge in [-0.25, -0.2) is 4.98 Å². The molecule has 4 nitrogen and oxygen atoms in total. The molecule has 4 rings (SSSR count). The van der Waals surface area contributed by atoms with Crippen molar-refractivity contribution in [1.29, 1.82) is 0 Å². The lowest BCUT2D eigenvalue weighted by molar-refractivity contribution is 0.0725. The summed E-state index contributed by atoms with van der Waals surface area (Å²) in [4.78, 5) is 19.3. The normalized spacial score (nSPS) is 14.5. The van der Waals surface area contributed by atoms with Crippen LogP contribution in [-0.4, -0.2) is 28.9 Å². The van der Waals surface area contributed by atoms with Crippen molar-refractivity contribution in [3.8, 4) is 22.8 Å². The van der Waals surface area contributed by atoms with Crippen LogP contribution in [0.2, 0.25) is 0 Å². The second-order valence-electron chi connectivity index (χ2n) is 6.29. The third-order valence-corrected chi connectivity index (χ3v) is 4.60. The Labute approximate surface area is 147 Å². The van der Waals surface area contributed by atoms with E-state index in [0.717, 1.165) is 37.1 Å². The van der Waals surface area contributed by atoms with Crippen LogP contribution in [0.25, 0.3) is 22.8 Å². The zero-order chi connectivity index (χ0) is 17.1. The van der Waals surface area contributed by atoms with Crippen molar-refractivity contribution in [2.45, 2.75) is 19.3 Å². The summed E-state index contributed by atoms with van der Waals surface area (Å²) in [6.07, 6.45) is 5.06. The fraction of sp³-hybridized carbons (Fsp3) is 0.238. The smallest absolute Gasteiger partial charge is 0.254 e. The minimum Gasteiger partial charge on any atom is -0.436 e. The molecule has 0 N–H and O–H groups in total. The molecule has 126 valence electrons. The summed E-state index contributed by atoms with van der Waals surface area (Å²) in [6, 6.07) is 17.4. The Morgan fingerprint density at radius 3 is 2.44 bits per heavy atom. The van der Waals surface area contributed by atoms with E-state index in [1.54, 1.807) is 6.20 Å². The predicted molar refractivity (Wildman–Crippen MR) is 97.1 cm³/mol.